The number of hydrogen-bond acceptors (Lipinski definition) is 2. The second-order valence-electron chi connectivity index (χ2n) is 6.26. The minimum absolute atomic E-state index is 0.0388. The van der Waals surface area contributed by atoms with Gasteiger partial charge in [0.2, 0.25) is 0 Å². The third-order valence-electron chi connectivity index (χ3n) is 4.27. The molecule has 0 aliphatic heterocycles. The Bertz CT molecular complexity index is 480. The number of hydrogen-bond donors (Lipinski definition) is 2. The first-order valence-corrected chi connectivity index (χ1v) is 7.00. The zero-order valence-corrected chi connectivity index (χ0v) is 12.0. The van der Waals surface area contributed by atoms with E-state index in [0.29, 0.717) is 5.56 Å². The molecular weight excluding hydrogens is 238 g/mol. The Balaban J connectivity index is 2.10. The van der Waals surface area contributed by atoms with Crippen molar-refractivity contribution < 1.29 is 9.90 Å². The molecule has 3 heteroatoms. The van der Waals surface area contributed by atoms with Gasteiger partial charge in [0.05, 0.1) is 0 Å². The first kappa shape index (κ1) is 13.9. The molecule has 0 spiro atoms. The molecule has 104 valence electrons. The van der Waals surface area contributed by atoms with Crippen LogP contribution in [0.2, 0.25) is 0 Å². The molecular formula is C16H23NO2. The lowest BCUT2D eigenvalue weighted by molar-refractivity contribution is 0.0853. The summed E-state index contributed by atoms with van der Waals surface area (Å²) < 4.78 is 0. The number of aryl methyl sites for hydroxylation is 1. The van der Waals surface area contributed by atoms with Gasteiger partial charge in [0.15, 0.2) is 0 Å². The highest BCUT2D eigenvalue weighted by atomic mass is 16.3. The van der Waals surface area contributed by atoms with E-state index < -0.39 is 0 Å². The van der Waals surface area contributed by atoms with E-state index in [9.17, 15) is 9.90 Å². The first-order chi connectivity index (χ1) is 8.90. The molecule has 1 atom stereocenters. The van der Waals surface area contributed by atoms with E-state index in [1.807, 2.05) is 0 Å². The van der Waals surface area contributed by atoms with Crippen LogP contribution in [0.4, 0.5) is 0 Å². The third-order valence-corrected chi connectivity index (χ3v) is 4.27. The van der Waals surface area contributed by atoms with Gasteiger partial charge in [0.25, 0.3) is 5.91 Å². The maximum atomic E-state index is 12.3. The minimum Gasteiger partial charge on any atom is -0.508 e. The van der Waals surface area contributed by atoms with Crippen LogP contribution >= 0.6 is 0 Å². The van der Waals surface area contributed by atoms with Gasteiger partial charge in [0.1, 0.15) is 5.75 Å². The Kier molecular flexibility index (Phi) is 3.83. The number of phenols is 1. The van der Waals surface area contributed by atoms with Gasteiger partial charge < -0.3 is 10.4 Å². The summed E-state index contributed by atoms with van der Waals surface area (Å²) in [5.41, 5.74) is 1.52. The molecule has 1 saturated carbocycles. The quantitative estimate of drug-likeness (QED) is 0.857. The van der Waals surface area contributed by atoms with Crippen LogP contribution in [-0.4, -0.2) is 17.1 Å². The van der Waals surface area contributed by atoms with E-state index in [0.717, 1.165) is 18.4 Å². The summed E-state index contributed by atoms with van der Waals surface area (Å²) in [6.45, 7) is 6.25. The second-order valence-corrected chi connectivity index (χ2v) is 6.26. The van der Waals surface area contributed by atoms with Crippen molar-refractivity contribution >= 4 is 5.91 Å². The molecule has 1 aromatic carbocycles. The fourth-order valence-electron chi connectivity index (χ4n) is 2.80. The van der Waals surface area contributed by atoms with Crippen LogP contribution in [0.5, 0.6) is 5.75 Å². The average molecular weight is 261 g/mol. The van der Waals surface area contributed by atoms with E-state index in [4.69, 9.17) is 0 Å². The number of rotatable bonds is 2. The van der Waals surface area contributed by atoms with E-state index >= 15 is 0 Å². The smallest absolute Gasteiger partial charge is 0.251 e. The van der Waals surface area contributed by atoms with Crippen LogP contribution < -0.4 is 5.32 Å². The minimum atomic E-state index is -0.0388. The predicted molar refractivity (Wildman–Crippen MR) is 76.3 cm³/mol. The highest BCUT2D eigenvalue weighted by molar-refractivity contribution is 5.94. The monoisotopic (exact) mass is 261 g/mol. The lowest BCUT2D eigenvalue weighted by atomic mass is 9.73. The molecule has 0 heterocycles. The van der Waals surface area contributed by atoms with Crippen molar-refractivity contribution in [1.82, 2.24) is 5.32 Å². The first-order valence-electron chi connectivity index (χ1n) is 7.00. The van der Waals surface area contributed by atoms with Gasteiger partial charge in [-0.1, -0.05) is 26.7 Å². The van der Waals surface area contributed by atoms with Crippen molar-refractivity contribution in [2.75, 3.05) is 0 Å². The fourth-order valence-corrected chi connectivity index (χ4v) is 2.80. The molecule has 1 aliphatic rings. The molecule has 3 nitrogen and oxygen atoms in total. The van der Waals surface area contributed by atoms with Gasteiger partial charge in [0, 0.05) is 11.6 Å². The molecule has 19 heavy (non-hydrogen) atoms. The van der Waals surface area contributed by atoms with E-state index in [2.05, 4.69) is 19.2 Å². The van der Waals surface area contributed by atoms with Crippen molar-refractivity contribution in [3.8, 4) is 5.75 Å². The molecule has 0 aromatic heterocycles. The Morgan fingerprint density at radius 3 is 2.74 bits per heavy atom. The summed E-state index contributed by atoms with van der Waals surface area (Å²) in [6, 6.07) is 5.23. The summed E-state index contributed by atoms with van der Waals surface area (Å²) in [7, 11) is 0. The lowest BCUT2D eigenvalue weighted by Gasteiger charge is -2.39. The molecule has 1 unspecified atom stereocenters. The number of aromatic hydroxyl groups is 1. The SMILES string of the molecule is Cc1cc(C(=O)NC2CCCCC2(C)C)ccc1O. The Labute approximate surface area is 115 Å². The summed E-state index contributed by atoms with van der Waals surface area (Å²) in [5.74, 6) is 0.192. The van der Waals surface area contributed by atoms with Crippen LogP contribution in [-0.2, 0) is 0 Å². The van der Waals surface area contributed by atoms with Gasteiger partial charge in [-0.2, -0.15) is 0 Å². The van der Waals surface area contributed by atoms with Crippen molar-refractivity contribution in [1.29, 1.82) is 0 Å². The van der Waals surface area contributed by atoms with Crippen molar-refractivity contribution in [3.05, 3.63) is 29.3 Å². The molecule has 1 fully saturated rings. The molecule has 0 bridgehead atoms. The summed E-state index contributed by atoms with van der Waals surface area (Å²) in [6.07, 6.45) is 4.64. The van der Waals surface area contributed by atoms with E-state index in [1.54, 1.807) is 25.1 Å². The molecule has 2 N–H and O–H groups in total. The molecule has 1 amide bonds. The Morgan fingerprint density at radius 2 is 2.11 bits per heavy atom. The standard InChI is InChI=1S/C16H23NO2/c1-11-10-12(7-8-13(11)18)15(19)17-14-6-4-5-9-16(14,2)3/h7-8,10,14,18H,4-6,9H2,1-3H3,(H,17,19). The summed E-state index contributed by atoms with van der Waals surface area (Å²) in [5, 5.41) is 12.6. The maximum Gasteiger partial charge on any atom is 0.251 e. The van der Waals surface area contributed by atoms with Gasteiger partial charge in [-0.3, -0.25) is 4.79 Å². The van der Waals surface area contributed by atoms with Crippen LogP contribution in [0, 0.1) is 12.3 Å². The van der Waals surface area contributed by atoms with Crippen molar-refractivity contribution in [2.45, 2.75) is 52.5 Å². The van der Waals surface area contributed by atoms with E-state index in [1.165, 1.54) is 12.8 Å². The Hall–Kier alpha value is -1.51. The van der Waals surface area contributed by atoms with E-state index in [-0.39, 0.29) is 23.1 Å². The van der Waals surface area contributed by atoms with Crippen LogP contribution in [0.1, 0.15) is 55.5 Å². The third kappa shape index (κ3) is 3.09. The average Bonchev–Trinajstić information content (AvgIpc) is 2.35. The highest BCUT2D eigenvalue weighted by Crippen LogP contribution is 2.35. The van der Waals surface area contributed by atoms with Crippen molar-refractivity contribution in [2.24, 2.45) is 5.41 Å². The van der Waals surface area contributed by atoms with Crippen molar-refractivity contribution in [3.63, 3.8) is 0 Å². The normalized spacial score (nSPS) is 21.9. The lowest BCUT2D eigenvalue weighted by Crippen LogP contribution is -2.46. The molecule has 1 aliphatic carbocycles. The number of nitrogens with one attached hydrogen (secondary N) is 1. The largest absolute Gasteiger partial charge is 0.508 e. The van der Waals surface area contributed by atoms with Crippen LogP contribution in [0.15, 0.2) is 18.2 Å². The Morgan fingerprint density at radius 1 is 1.37 bits per heavy atom. The second kappa shape index (κ2) is 5.24. The number of carbonyl (C=O) groups excluding carboxylic acids is 1. The molecule has 0 saturated heterocycles. The summed E-state index contributed by atoms with van der Waals surface area (Å²) >= 11 is 0. The summed E-state index contributed by atoms with van der Waals surface area (Å²) in [4.78, 5) is 12.3. The van der Waals surface area contributed by atoms with Gasteiger partial charge in [-0.05, 0) is 48.9 Å². The van der Waals surface area contributed by atoms with Gasteiger partial charge in [-0.15, -0.1) is 0 Å². The molecule has 2 rings (SSSR count). The number of benzene rings is 1. The van der Waals surface area contributed by atoms with Gasteiger partial charge in [-0.25, -0.2) is 0 Å². The van der Waals surface area contributed by atoms with Gasteiger partial charge >= 0.3 is 0 Å². The fraction of sp³-hybridized carbons (Fsp3) is 0.562. The molecule has 0 radical (unpaired) electrons. The van der Waals surface area contributed by atoms with Crippen LogP contribution in [0.3, 0.4) is 0 Å². The number of phenolic OH excluding ortho intramolecular Hbond substituents is 1. The zero-order chi connectivity index (χ0) is 14.0. The number of carbonyl (C=O) groups is 1. The maximum absolute atomic E-state index is 12.3. The zero-order valence-electron chi connectivity index (χ0n) is 12.0. The topological polar surface area (TPSA) is 49.3 Å². The highest BCUT2D eigenvalue weighted by Gasteiger charge is 2.33. The predicted octanol–water partition coefficient (Wildman–Crippen LogP) is 3.40. The van der Waals surface area contributed by atoms with Crippen LogP contribution in [0.25, 0.3) is 0 Å². The number of amides is 1. The molecule has 1 aromatic rings.